The van der Waals surface area contributed by atoms with Gasteiger partial charge in [-0.3, -0.25) is 0 Å². The highest BCUT2D eigenvalue weighted by Gasteiger charge is 2.57. The van der Waals surface area contributed by atoms with E-state index in [1.54, 1.807) is 0 Å². The van der Waals surface area contributed by atoms with Crippen LogP contribution in [0.15, 0.2) is 0 Å². The van der Waals surface area contributed by atoms with Crippen molar-refractivity contribution in [1.29, 1.82) is 0 Å². The zero-order valence-corrected chi connectivity index (χ0v) is 21.2. The number of aliphatic hydroxyl groups excluding tert-OH is 1. The van der Waals surface area contributed by atoms with E-state index in [1.165, 1.54) is 12.8 Å². The summed E-state index contributed by atoms with van der Waals surface area (Å²) in [7, 11) is -3.29. The Morgan fingerprint density at radius 1 is 1.03 bits per heavy atom. The molecule has 2 saturated heterocycles. The van der Waals surface area contributed by atoms with Crippen molar-refractivity contribution >= 4 is 9.84 Å². The molecule has 0 spiro atoms. The molecule has 6 heteroatoms. The first kappa shape index (κ1) is 24.9. The van der Waals surface area contributed by atoms with Crippen LogP contribution >= 0.6 is 0 Å². The van der Waals surface area contributed by atoms with Crippen molar-refractivity contribution in [2.45, 2.75) is 121 Å². The van der Waals surface area contributed by atoms with Crippen LogP contribution in [0.5, 0.6) is 0 Å². The second kappa shape index (κ2) is 10.2. The molecular weight excluding hydrogens is 425 g/mol. The fraction of sp³-hybridized carbons (Fsp3) is 1.00. The molecule has 2 heterocycles. The van der Waals surface area contributed by atoms with Gasteiger partial charge < -0.3 is 10.0 Å². The summed E-state index contributed by atoms with van der Waals surface area (Å²) in [5.41, 5.74) is -0.549. The smallest absolute Gasteiger partial charge is 0.154 e. The van der Waals surface area contributed by atoms with Crippen molar-refractivity contribution < 1.29 is 17.9 Å². The summed E-state index contributed by atoms with van der Waals surface area (Å²) >= 11 is 0. The predicted octanol–water partition coefficient (Wildman–Crippen LogP) is 5.14. The number of sulfone groups is 1. The van der Waals surface area contributed by atoms with Gasteiger partial charge in [0.25, 0.3) is 0 Å². The second-order valence-electron chi connectivity index (χ2n) is 11.6. The molecule has 5 unspecified atom stereocenters. The van der Waals surface area contributed by atoms with E-state index < -0.39 is 27.5 Å². The molecule has 4 fully saturated rings. The van der Waals surface area contributed by atoms with Crippen LogP contribution < -0.4 is 0 Å². The van der Waals surface area contributed by atoms with E-state index >= 15 is 0 Å². The maximum atomic E-state index is 14.0. The molecule has 4 nitrogen and oxygen atoms in total. The first-order valence-electron chi connectivity index (χ1n) is 13.6. The molecule has 4 rings (SSSR count). The Balaban J connectivity index is 1.71. The highest BCUT2D eigenvalue weighted by Crippen LogP contribution is 2.53. The Labute approximate surface area is 195 Å². The third kappa shape index (κ3) is 4.79. The Hall–Kier alpha value is -0.200. The molecule has 6 atom stereocenters. The molecule has 0 aromatic carbocycles. The zero-order valence-electron chi connectivity index (χ0n) is 20.4. The number of halogens is 1. The van der Waals surface area contributed by atoms with Gasteiger partial charge in [-0.05, 0) is 101 Å². The van der Waals surface area contributed by atoms with Gasteiger partial charge in [-0.1, -0.05) is 26.7 Å². The number of aliphatic hydroxyl groups is 1. The van der Waals surface area contributed by atoms with Gasteiger partial charge in [-0.15, -0.1) is 0 Å². The van der Waals surface area contributed by atoms with Gasteiger partial charge in [-0.2, -0.15) is 0 Å². The van der Waals surface area contributed by atoms with Gasteiger partial charge in [0.05, 0.1) is 17.1 Å². The predicted molar refractivity (Wildman–Crippen MR) is 128 cm³/mol. The number of unbranched alkanes of at least 4 members (excludes halogenated alkanes) is 1. The van der Waals surface area contributed by atoms with Gasteiger partial charge >= 0.3 is 0 Å². The van der Waals surface area contributed by atoms with Crippen LogP contribution in [0.1, 0.15) is 97.3 Å². The average Bonchev–Trinajstić information content (AvgIpc) is 3.31. The minimum Gasteiger partial charge on any atom is -0.392 e. The molecule has 186 valence electrons. The lowest BCUT2D eigenvalue weighted by molar-refractivity contribution is -0.0712. The molecule has 2 aliphatic carbocycles. The number of hydrogen-bond donors (Lipinski definition) is 1. The summed E-state index contributed by atoms with van der Waals surface area (Å²) in [5.74, 6) is 0.405. The Morgan fingerprint density at radius 3 is 2.34 bits per heavy atom. The fourth-order valence-corrected chi connectivity index (χ4v) is 10.8. The minimum absolute atomic E-state index is 0.00742. The van der Waals surface area contributed by atoms with Crippen molar-refractivity contribution in [2.75, 3.05) is 18.8 Å². The van der Waals surface area contributed by atoms with Gasteiger partial charge in [0.2, 0.25) is 0 Å². The number of alkyl halides is 1. The Bertz CT molecular complexity index is 717. The minimum atomic E-state index is -3.29. The average molecular weight is 472 g/mol. The van der Waals surface area contributed by atoms with Crippen molar-refractivity contribution in [3.8, 4) is 0 Å². The highest BCUT2D eigenvalue weighted by molar-refractivity contribution is 7.92. The molecule has 0 radical (unpaired) electrons. The summed E-state index contributed by atoms with van der Waals surface area (Å²) in [6, 6.07) is 0.450. The Morgan fingerprint density at radius 2 is 1.72 bits per heavy atom. The van der Waals surface area contributed by atoms with E-state index in [9.17, 15) is 17.9 Å². The SMILES string of the molecule is CCCC[C@]1(CC)CS(=O)(=O)C2CCC(N3CCCC3)CC2C(C2CCC(F)CC2)C1O. The first-order chi connectivity index (χ1) is 15.3. The molecular formula is C26H46FNO3S. The number of hydrogen-bond acceptors (Lipinski definition) is 4. The van der Waals surface area contributed by atoms with Gasteiger partial charge in [0, 0.05) is 11.5 Å². The third-order valence-corrected chi connectivity index (χ3v) is 12.4. The lowest BCUT2D eigenvalue weighted by Gasteiger charge is -2.48. The van der Waals surface area contributed by atoms with Gasteiger partial charge in [0.1, 0.15) is 6.17 Å². The first-order valence-corrected chi connectivity index (χ1v) is 15.3. The summed E-state index contributed by atoms with van der Waals surface area (Å²) in [6.45, 7) is 6.47. The Kier molecular flexibility index (Phi) is 7.93. The standard InChI is InChI=1S/C26H46FNO3S/c1-3-5-14-26(4-2)18-32(30,31)23-13-12-21(28-15-6-7-16-28)17-22(23)24(25(26)29)19-8-10-20(27)11-9-19/h19-25,29H,3-18H2,1-2H3/t19?,20?,21?,22?,23?,24?,25?,26-/m1/s1. The lowest BCUT2D eigenvalue weighted by atomic mass is 9.60. The molecule has 2 saturated carbocycles. The molecule has 0 aromatic heterocycles. The van der Waals surface area contributed by atoms with E-state index in [2.05, 4.69) is 18.7 Å². The number of rotatable bonds is 6. The van der Waals surface area contributed by atoms with E-state index in [1.807, 2.05) is 0 Å². The second-order valence-corrected chi connectivity index (χ2v) is 13.8. The largest absolute Gasteiger partial charge is 0.392 e. The normalized spacial score (nSPS) is 45.3. The maximum absolute atomic E-state index is 14.0. The molecule has 2 aliphatic heterocycles. The molecule has 0 bridgehead atoms. The van der Waals surface area contributed by atoms with Gasteiger partial charge in [0.15, 0.2) is 9.84 Å². The number of nitrogens with zero attached hydrogens (tertiary/aromatic N) is 1. The van der Waals surface area contributed by atoms with Crippen LogP contribution in [0.25, 0.3) is 0 Å². The van der Waals surface area contributed by atoms with Crippen molar-refractivity contribution in [2.24, 2.45) is 23.2 Å². The lowest BCUT2D eigenvalue weighted by Crippen LogP contribution is -2.50. The van der Waals surface area contributed by atoms with E-state index in [4.69, 9.17) is 0 Å². The zero-order chi connectivity index (χ0) is 22.9. The van der Waals surface area contributed by atoms with Crippen molar-refractivity contribution in [3.63, 3.8) is 0 Å². The molecule has 0 amide bonds. The van der Waals surface area contributed by atoms with Crippen molar-refractivity contribution in [3.05, 3.63) is 0 Å². The molecule has 4 aliphatic rings. The number of fused-ring (bicyclic) bond motifs is 1. The summed E-state index contributed by atoms with van der Waals surface area (Å²) in [6.07, 6.45) is 9.96. The molecule has 32 heavy (non-hydrogen) atoms. The fourth-order valence-electron chi connectivity index (χ4n) is 7.99. The van der Waals surface area contributed by atoms with Crippen LogP contribution in [0.2, 0.25) is 0 Å². The van der Waals surface area contributed by atoms with E-state index in [0.29, 0.717) is 25.3 Å². The van der Waals surface area contributed by atoms with Crippen LogP contribution in [0.3, 0.4) is 0 Å². The van der Waals surface area contributed by atoms with Crippen LogP contribution in [-0.4, -0.2) is 60.8 Å². The van der Waals surface area contributed by atoms with Gasteiger partial charge in [-0.25, -0.2) is 12.8 Å². The highest BCUT2D eigenvalue weighted by atomic mass is 32.2. The van der Waals surface area contributed by atoms with Crippen LogP contribution in [0.4, 0.5) is 4.39 Å². The molecule has 1 N–H and O–H groups in total. The topological polar surface area (TPSA) is 57.6 Å². The quantitative estimate of drug-likeness (QED) is 0.583. The summed E-state index contributed by atoms with van der Waals surface area (Å²) in [4.78, 5) is 2.58. The van der Waals surface area contributed by atoms with E-state index in [0.717, 1.165) is 64.5 Å². The van der Waals surface area contributed by atoms with Crippen LogP contribution in [0, 0.1) is 23.2 Å². The van der Waals surface area contributed by atoms with Crippen LogP contribution in [-0.2, 0) is 9.84 Å². The summed E-state index contributed by atoms with van der Waals surface area (Å²) in [5, 5.41) is 11.7. The monoisotopic (exact) mass is 471 g/mol. The molecule has 0 aromatic rings. The third-order valence-electron chi connectivity index (χ3n) is 9.88. The summed E-state index contributed by atoms with van der Waals surface area (Å²) < 4.78 is 41.7. The maximum Gasteiger partial charge on any atom is 0.154 e. The van der Waals surface area contributed by atoms with E-state index in [-0.39, 0.29) is 28.8 Å². The van der Waals surface area contributed by atoms with Crippen molar-refractivity contribution in [1.82, 2.24) is 4.90 Å². The number of likely N-dealkylation sites (tertiary alicyclic amines) is 1.